The van der Waals surface area contributed by atoms with E-state index in [1.165, 1.54) is 19.3 Å². The molecule has 0 amide bonds. The number of hydrogen-bond acceptors (Lipinski definition) is 1. The summed E-state index contributed by atoms with van der Waals surface area (Å²) < 4.78 is 0. The highest BCUT2D eigenvalue weighted by molar-refractivity contribution is 5.78. The molecular formula is C15H26O. The summed E-state index contributed by atoms with van der Waals surface area (Å²) in [5.74, 6) is 3.25. The minimum Gasteiger partial charge on any atom is -0.300 e. The number of rotatable bonds is 1. The van der Waals surface area contributed by atoms with Crippen molar-refractivity contribution in [3.8, 4) is 0 Å². The molecule has 2 unspecified atom stereocenters. The van der Waals surface area contributed by atoms with E-state index in [4.69, 9.17) is 0 Å². The van der Waals surface area contributed by atoms with Crippen molar-refractivity contribution < 1.29 is 4.79 Å². The standard InChI is InChI=1S/C15H26O/c1-10-5-6-11(2)15(4)8-7-13(12(3)16)9-14(10)15/h10-11,13-14H,5-9H2,1-4H3/t10-,11?,13+,14?,15+/m1/s1. The Morgan fingerprint density at radius 3 is 2.50 bits per heavy atom. The van der Waals surface area contributed by atoms with E-state index in [1.54, 1.807) is 6.92 Å². The van der Waals surface area contributed by atoms with Gasteiger partial charge in [0.15, 0.2) is 0 Å². The first-order valence-electron chi connectivity index (χ1n) is 6.95. The van der Waals surface area contributed by atoms with E-state index in [2.05, 4.69) is 20.8 Å². The quantitative estimate of drug-likeness (QED) is 0.654. The van der Waals surface area contributed by atoms with Crippen LogP contribution in [0.25, 0.3) is 0 Å². The van der Waals surface area contributed by atoms with Gasteiger partial charge in [0.2, 0.25) is 0 Å². The fourth-order valence-corrected chi connectivity index (χ4v) is 4.27. The number of fused-ring (bicyclic) bond motifs is 1. The Morgan fingerprint density at radius 2 is 1.88 bits per heavy atom. The van der Waals surface area contributed by atoms with E-state index in [0.717, 1.165) is 30.6 Å². The summed E-state index contributed by atoms with van der Waals surface area (Å²) in [7, 11) is 0. The molecule has 2 rings (SSSR count). The zero-order valence-electron chi connectivity index (χ0n) is 11.3. The van der Waals surface area contributed by atoms with Crippen molar-refractivity contribution in [3.05, 3.63) is 0 Å². The van der Waals surface area contributed by atoms with E-state index in [9.17, 15) is 4.79 Å². The van der Waals surface area contributed by atoms with E-state index in [-0.39, 0.29) is 0 Å². The number of ketones is 1. The summed E-state index contributed by atoms with van der Waals surface area (Å²) in [6, 6.07) is 0. The van der Waals surface area contributed by atoms with Crippen molar-refractivity contribution in [2.45, 2.75) is 59.8 Å². The summed E-state index contributed by atoms with van der Waals surface area (Å²) in [4.78, 5) is 11.6. The zero-order valence-corrected chi connectivity index (χ0v) is 11.3. The van der Waals surface area contributed by atoms with Crippen molar-refractivity contribution in [2.75, 3.05) is 0 Å². The summed E-state index contributed by atoms with van der Waals surface area (Å²) in [6.07, 6.45) is 6.33. The van der Waals surface area contributed by atoms with Crippen LogP contribution in [0.5, 0.6) is 0 Å². The Morgan fingerprint density at radius 1 is 1.19 bits per heavy atom. The molecular weight excluding hydrogens is 196 g/mol. The van der Waals surface area contributed by atoms with Crippen LogP contribution in [0.3, 0.4) is 0 Å². The lowest BCUT2D eigenvalue weighted by Gasteiger charge is -2.54. The van der Waals surface area contributed by atoms with Crippen LogP contribution in [0, 0.1) is 29.1 Å². The maximum absolute atomic E-state index is 11.6. The summed E-state index contributed by atoms with van der Waals surface area (Å²) >= 11 is 0. The van der Waals surface area contributed by atoms with Gasteiger partial charge in [0.25, 0.3) is 0 Å². The molecule has 0 bridgehead atoms. The lowest BCUT2D eigenvalue weighted by atomic mass is 9.51. The molecule has 2 aliphatic carbocycles. The molecule has 16 heavy (non-hydrogen) atoms. The lowest BCUT2D eigenvalue weighted by Crippen LogP contribution is -2.46. The van der Waals surface area contributed by atoms with Crippen molar-refractivity contribution in [1.82, 2.24) is 0 Å². The average molecular weight is 222 g/mol. The molecule has 1 nitrogen and oxygen atoms in total. The molecule has 0 aromatic rings. The number of carbonyl (C=O) groups is 1. The minimum atomic E-state index is 0.367. The van der Waals surface area contributed by atoms with Crippen LogP contribution in [0.2, 0.25) is 0 Å². The Balaban J connectivity index is 2.18. The SMILES string of the molecule is CC(=O)[C@H]1CC[C@@]2(C)C(C)CC[C@@H](C)C2C1. The summed E-state index contributed by atoms with van der Waals surface area (Å²) in [6.45, 7) is 9.09. The second kappa shape index (κ2) is 4.16. The molecule has 0 aromatic carbocycles. The van der Waals surface area contributed by atoms with Gasteiger partial charge in [0.05, 0.1) is 0 Å². The molecule has 92 valence electrons. The van der Waals surface area contributed by atoms with Crippen LogP contribution >= 0.6 is 0 Å². The molecule has 0 radical (unpaired) electrons. The third-order valence-corrected chi connectivity index (χ3v) is 5.86. The van der Waals surface area contributed by atoms with Gasteiger partial charge in [-0.15, -0.1) is 0 Å². The normalized spacial score (nSPS) is 48.5. The highest BCUT2D eigenvalue weighted by Crippen LogP contribution is 2.56. The van der Waals surface area contributed by atoms with Crippen LogP contribution < -0.4 is 0 Å². The van der Waals surface area contributed by atoms with Crippen LogP contribution in [0.15, 0.2) is 0 Å². The highest BCUT2D eigenvalue weighted by Gasteiger charge is 2.48. The van der Waals surface area contributed by atoms with Crippen molar-refractivity contribution >= 4 is 5.78 Å². The average Bonchev–Trinajstić information content (AvgIpc) is 2.24. The fraction of sp³-hybridized carbons (Fsp3) is 0.933. The lowest BCUT2D eigenvalue weighted by molar-refractivity contribution is -0.126. The topological polar surface area (TPSA) is 17.1 Å². The predicted molar refractivity (Wildman–Crippen MR) is 67.2 cm³/mol. The first kappa shape index (κ1) is 12.1. The first-order chi connectivity index (χ1) is 7.45. The van der Waals surface area contributed by atoms with Crippen molar-refractivity contribution in [3.63, 3.8) is 0 Å². The molecule has 5 atom stereocenters. The van der Waals surface area contributed by atoms with E-state index < -0.39 is 0 Å². The molecule has 0 aromatic heterocycles. The van der Waals surface area contributed by atoms with Gasteiger partial charge < -0.3 is 0 Å². The molecule has 0 saturated heterocycles. The predicted octanol–water partition coefficient (Wildman–Crippen LogP) is 4.06. The third-order valence-electron chi connectivity index (χ3n) is 5.86. The van der Waals surface area contributed by atoms with Crippen molar-refractivity contribution in [2.24, 2.45) is 29.1 Å². The smallest absolute Gasteiger partial charge is 0.132 e. The third kappa shape index (κ3) is 1.83. The van der Waals surface area contributed by atoms with Crippen LogP contribution in [0.1, 0.15) is 59.8 Å². The first-order valence-corrected chi connectivity index (χ1v) is 6.95. The van der Waals surface area contributed by atoms with E-state index in [1.807, 2.05) is 0 Å². The number of hydrogen-bond donors (Lipinski definition) is 0. The molecule has 0 heterocycles. The van der Waals surface area contributed by atoms with Gasteiger partial charge in [-0.05, 0) is 55.8 Å². The maximum atomic E-state index is 11.6. The number of carbonyl (C=O) groups excluding carboxylic acids is 1. The van der Waals surface area contributed by atoms with Crippen molar-refractivity contribution in [1.29, 1.82) is 0 Å². The van der Waals surface area contributed by atoms with Gasteiger partial charge in [-0.25, -0.2) is 0 Å². The van der Waals surface area contributed by atoms with E-state index in [0.29, 0.717) is 17.1 Å². The van der Waals surface area contributed by atoms with Gasteiger partial charge in [-0.1, -0.05) is 27.2 Å². The maximum Gasteiger partial charge on any atom is 0.132 e. The molecule has 2 fully saturated rings. The van der Waals surface area contributed by atoms with Gasteiger partial charge in [0.1, 0.15) is 5.78 Å². The minimum absolute atomic E-state index is 0.367. The van der Waals surface area contributed by atoms with Gasteiger partial charge in [-0.2, -0.15) is 0 Å². The number of Topliss-reactive ketones (excluding diaryl/α,β-unsaturated/α-hetero) is 1. The monoisotopic (exact) mass is 222 g/mol. The van der Waals surface area contributed by atoms with Crippen LogP contribution in [-0.2, 0) is 4.79 Å². The molecule has 1 heteroatoms. The molecule has 2 saturated carbocycles. The van der Waals surface area contributed by atoms with Gasteiger partial charge in [0, 0.05) is 5.92 Å². The largest absolute Gasteiger partial charge is 0.300 e. The molecule has 0 spiro atoms. The van der Waals surface area contributed by atoms with Crippen LogP contribution in [-0.4, -0.2) is 5.78 Å². The second-order valence-electron chi connectivity index (χ2n) is 6.65. The summed E-state index contributed by atoms with van der Waals surface area (Å²) in [5, 5.41) is 0. The highest BCUT2D eigenvalue weighted by atomic mass is 16.1. The second-order valence-corrected chi connectivity index (χ2v) is 6.65. The Bertz CT molecular complexity index is 283. The Hall–Kier alpha value is -0.330. The van der Waals surface area contributed by atoms with E-state index >= 15 is 0 Å². The zero-order chi connectivity index (χ0) is 11.9. The molecule has 0 N–H and O–H groups in total. The van der Waals surface area contributed by atoms with Gasteiger partial charge >= 0.3 is 0 Å². The Kier molecular flexibility index (Phi) is 3.16. The fourth-order valence-electron chi connectivity index (χ4n) is 4.27. The summed E-state index contributed by atoms with van der Waals surface area (Å²) in [5.41, 5.74) is 0.517. The molecule has 0 aliphatic heterocycles. The van der Waals surface area contributed by atoms with Crippen LogP contribution in [0.4, 0.5) is 0 Å². The van der Waals surface area contributed by atoms with Gasteiger partial charge in [-0.3, -0.25) is 4.79 Å². The molecule has 2 aliphatic rings. The Labute approximate surface area is 100.0 Å².